The van der Waals surface area contributed by atoms with Crippen molar-refractivity contribution in [2.75, 3.05) is 0 Å². The van der Waals surface area contributed by atoms with Crippen LogP contribution in [0.1, 0.15) is 31.2 Å². The van der Waals surface area contributed by atoms with E-state index in [1.165, 1.54) is 10.9 Å². The Kier molecular flexibility index (Phi) is 2.78. The summed E-state index contributed by atoms with van der Waals surface area (Å²) in [7, 11) is 0. The van der Waals surface area contributed by atoms with Crippen molar-refractivity contribution in [2.24, 2.45) is 0 Å². The van der Waals surface area contributed by atoms with Gasteiger partial charge in [-0.1, -0.05) is 26.0 Å². The number of fused-ring (bicyclic) bond motifs is 1. The minimum atomic E-state index is 0.479. The zero-order valence-electron chi connectivity index (χ0n) is 11.3. The Labute approximate surface area is 111 Å². The SMILES string of the molecule is Cc1nc(-c2ccc(C(C)C)c3ccncc23)n[nH]1. The number of aromatic nitrogens is 4. The Hall–Kier alpha value is -2.23. The molecule has 19 heavy (non-hydrogen) atoms. The van der Waals surface area contributed by atoms with E-state index in [4.69, 9.17) is 0 Å². The first-order valence-electron chi connectivity index (χ1n) is 6.43. The highest BCUT2D eigenvalue weighted by Crippen LogP contribution is 2.31. The molecule has 0 spiro atoms. The van der Waals surface area contributed by atoms with Crippen LogP contribution in [0.2, 0.25) is 0 Å². The van der Waals surface area contributed by atoms with Crippen LogP contribution in [0.15, 0.2) is 30.6 Å². The van der Waals surface area contributed by atoms with E-state index in [0.29, 0.717) is 5.92 Å². The number of aryl methyl sites for hydroxylation is 1. The first-order chi connectivity index (χ1) is 9.16. The van der Waals surface area contributed by atoms with Gasteiger partial charge in [-0.2, -0.15) is 5.10 Å². The van der Waals surface area contributed by atoms with Gasteiger partial charge in [0, 0.05) is 23.3 Å². The van der Waals surface area contributed by atoms with E-state index in [1.807, 2.05) is 19.3 Å². The molecule has 0 saturated carbocycles. The zero-order valence-corrected chi connectivity index (χ0v) is 11.3. The number of benzene rings is 1. The van der Waals surface area contributed by atoms with Crippen LogP contribution in [-0.2, 0) is 0 Å². The van der Waals surface area contributed by atoms with Crippen molar-refractivity contribution >= 4 is 10.8 Å². The molecule has 0 amide bonds. The monoisotopic (exact) mass is 252 g/mol. The van der Waals surface area contributed by atoms with Gasteiger partial charge in [0.25, 0.3) is 0 Å². The average molecular weight is 252 g/mol. The van der Waals surface area contributed by atoms with Crippen molar-refractivity contribution in [2.45, 2.75) is 26.7 Å². The van der Waals surface area contributed by atoms with Crippen LogP contribution < -0.4 is 0 Å². The summed E-state index contributed by atoms with van der Waals surface area (Å²) in [6.07, 6.45) is 3.73. The zero-order chi connectivity index (χ0) is 13.4. The van der Waals surface area contributed by atoms with E-state index in [1.54, 1.807) is 0 Å². The van der Waals surface area contributed by atoms with Crippen molar-refractivity contribution in [1.82, 2.24) is 20.2 Å². The summed E-state index contributed by atoms with van der Waals surface area (Å²) in [5.74, 6) is 2.03. The molecule has 96 valence electrons. The number of nitrogens with one attached hydrogen (secondary N) is 1. The van der Waals surface area contributed by atoms with E-state index in [9.17, 15) is 0 Å². The van der Waals surface area contributed by atoms with Crippen LogP contribution in [0.4, 0.5) is 0 Å². The average Bonchev–Trinajstić information content (AvgIpc) is 2.83. The molecule has 4 heteroatoms. The first-order valence-corrected chi connectivity index (χ1v) is 6.43. The van der Waals surface area contributed by atoms with Gasteiger partial charge in [0.2, 0.25) is 0 Å². The van der Waals surface area contributed by atoms with Crippen molar-refractivity contribution in [3.8, 4) is 11.4 Å². The molecule has 4 nitrogen and oxygen atoms in total. The molecule has 0 radical (unpaired) electrons. The predicted molar refractivity (Wildman–Crippen MR) is 75.9 cm³/mol. The number of hydrogen-bond donors (Lipinski definition) is 1. The molecule has 2 aromatic heterocycles. The molecule has 0 aliphatic carbocycles. The van der Waals surface area contributed by atoms with Gasteiger partial charge in [-0.05, 0) is 29.9 Å². The van der Waals surface area contributed by atoms with Gasteiger partial charge in [0.05, 0.1) is 0 Å². The summed E-state index contributed by atoms with van der Waals surface area (Å²) in [6, 6.07) is 6.31. The second-order valence-corrected chi connectivity index (χ2v) is 5.02. The Morgan fingerprint density at radius 3 is 2.63 bits per heavy atom. The molecule has 1 aromatic carbocycles. The van der Waals surface area contributed by atoms with Gasteiger partial charge in [-0.25, -0.2) is 4.98 Å². The standard InChI is InChI=1S/C15H16N4/c1-9(2)11-4-5-13(15-17-10(3)18-19-15)14-8-16-7-6-12(11)14/h4-9H,1-3H3,(H,17,18,19). The predicted octanol–water partition coefficient (Wildman–Crippen LogP) is 3.45. The summed E-state index contributed by atoms with van der Waals surface area (Å²) < 4.78 is 0. The van der Waals surface area contributed by atoms with E-state index in [2.05, 4.69) is 52.2 Å². The summed E-state index contributed by atoms with van der Waals surface area (Å²) in [6.45, 7) is 6.30. The van der Waals surface area contributed by atoms with E-state index < -0.39 is 0 Å². The molecule has 0 unspecified atom stereocenters. The lowest BCUT2D eigenvalue weighted by Crippen LogP contribution is -1.93. The summed E-state index contributed by atoms with van der Waals surface area (Å²) in [5, 5.41) is 9.47. The number of rotatable bonds is 2. The molecule has 0 aliphatic heterocycles. The number of nitrogens with zero attached hydrogens (tertiary/aromatic N) is 3. The van der Waals surface area contributed by atoms with Gasteiger partial charge in [-0.3, -0.25) is 10.1 Å². The third-order valence-electron chi connectivity index (χ3n) is 3.31. The molecule has 0 aliphatic rings. The molecule has 3 rings (SSSR count). The molecule has 2 heterocycles. The van der Waals surface area contributed by atoms with Crippen molar-refractivity contribution < 1.29 is 0 Å². The lowest BCUT2D eigenvalue weighted by atomic mass is 9.94. The fraction of sp³-hybridized carbons (Fsp3) is 0.267. The molecule has 0 bridgehead atoms. The number of aromatic amines is 1. The molecule has 3 aromatic rings. The lowest BCUT2D eigenvalue weighted by Gasteiger charge is -2.11. The maximum atomic E-state index is 4.41. The second-order valence-electron chi connectivity index (χ2n) is 5.02. The molecular formula is C15H16N4. The van der Waals surface area contributed by atoms with E-state index in [0.717, 1.165) is 22.6 Å². The first kappa shape index (κ1) is 11.8. The number of pyridine rings is 1. The number of hydrogen-bond acceptors (Lipinski definition) is 3. The smallest absolute Gasteiger partial charge is 0.181 e. The Morgan fingerprint density at radius 2 is 1.95 bits per heavy atom. The largest absolute Gasteiger partial charge is 0.264 e. The fourth-order valence-electron chi connectivity index (χ4n) is 2.38. The normalized spacial score (nSPS) is 11.4. The van der Waals surface area contributed by atoms with E-state index >= 15 is 0 Å². The van der Waals surface area contributed by atoms with Crippen molar-refractivity contribution in [1.29, 1.82) is 0 Å². The fourth-order valence-corrected chi connectivity index (χ4v) is 2.38. The Morgan fingerprint density at radius 1 is 1.11 bits per heavy atom. The van der Waals surface area contributed by atoms with Crippen molar-refractivity contribution in [3.63, 3.8) is 0 Å². The van der Waals surface area contributed by atoms with Gasteiger partial charge < -0.3 is 0 Å². The minimum absolute atomic E-state index is 0.479. The minimum Gasteiger partial charge on any atom is -0.264 e. The van der Waals surface area contributed by atoms with Gasteiger partial charge in [0.15, 0.2) is 5.82 Å². The quantitative estimate of drug-likeness (QED) is 0.760. The third kappa shape index (κ3) is 1.99. The maximum Gasteiger partial charge on any atom is 0.181 e. The van der Waals surface area contributed by atoms with Crippen LogP contribution in [0.3, 0.4) is 0 Å². The molecule has 0 fully saturated rings. The van der Waals surface area contributed by atoms with Gasteiger partial charge in [0.1, 0.15) is 5.82 Å². The van der Waals surface area contributed by atoms with Crippen LogP contribution in [-0.4, -0.2) is 20.2 Å². The van der Waals surface area contributed by atoms with Crippen molar-refractivity contribution in [3.05, 3.63) is 42.0 Å². The molecule has 1 N–H and O–H groups in total. The van der Waals surface area contributed by atoms with Crippen LogP contribution >= 0.6 is 0 Å². The third-order valence-corrected chi connectivity index (χ3v) is 3.31. The summed E-state index contributed by atoms with van der Waals surface area (Å²) in [4.78, 5) is 8.65. The topological polar surface area (TPSA) is 54.5 Å². The highest BCUT2D eigenvalue weighted by atomic mass is 15.2. The van der Waals surface area contributed by atoms with Crippen LogP contribution in [0.5, 0.6) is 0 Å². The van der Waals surface area contributed by atoms with Crippen LogP contribution in [0.25, 0.3) is 22.2 Å². The summed E-state index contributed by atoms with van der Waals surface area (Å²) in [5.41, 5.74) is 2.35. The number of H-pyrrole nitrogens is 1. The van der Waals surface area contributed by atoms with E-state index in [-0.39, 0.29) is 0 Å². The highest BCUT2D eigenvalue weighted by molar-refractivity contribution is 5.96. The van der Waals surface area contributed by atoms with Gasteiger partial charge in [-0.15, -0.1) is 0 Å². The Balaban J connectivity index is 2.30. The molecule has 0 atom stereocenters. The van der Waals surface area contributed by atoms with Crippen LogP contribution in [0, 0.1) is 6.92 Å². The highest BCUT2D eigenvalue weighted by Gasteiger charge is 2.12. The Bertz CT molecular complexity index is 728. The second kappa shape index (κ2) is 4.46. The molecule has 0 saturated heterocycles. The lowest BCUT2D eigenvalue weighted by molar-refractivity contribution is 0.876. The summed E-state index contributed by atoms with van der Waals surface area (Å²) >= 11 is 0. The van der Waals surface area contributed by atoms with Gasteiger partial charge >= 0.3 is 0 Å². The maximum absolute atomic E-state index is 4.41. The molecular weight excluding hydrogens is 236 g/mol.